The molecule has 0 aliphatic carbocycles. The van der Waals surface area contributed by atoms with Crippen molar-refractivity contribution >= 4 is 17.8 Å². The highest BCUT2D eigenvalue weighted by Gasteiger charge is 2.23. The molecule has 0 aliphatic rings. The number of primary amides is 1. The van der Waals surface area contributed by atoms with E-state index in [0.717, 1.165) is 0 Å². The Bertz CT molecular complexity index is 451. The number of carbonyl (C=O) groups is 3. The molecule has 1 unspecified atom stereocenters. The lowest BCUT2D eigenvalue weighted by Crippen LogP contribution is -2.43. The van der Waals surface area contributed by atoms with Crippen LogP contribution in [0.1, 0.15) is 22.5 Å². The molecule has 2 amide bonds. The summed E-state index contributed by atoms with van der Waals surface area (Å²) >= 11 is 0. The Balaban J connectivity index is 2.70. The number of rotatable bonds is 5. The SMILES string of the molecule is Cc1cc(C(=O)NC(CC(N)=O)C(=O)O)co1. The molecule has 17 heavy (non-hydrogen) atoms. The molecule has 0 aliphatic heterocycles. The molecule has 0 saturated carbocycles. The minimum atomic E-state index is -1.34. The third-order valence-corrected chi connectivity index (χ3v) is 2.00. The normalized spacial score (nSPS) is 11.8. The highest BCUT2D eigenvalue weighted by atomic mass is 16.4. The Labute approximate surface area is 96.6 Å². The molecule has 1 rings (SSSR count). The van der Waals surface area contributed by atoms with E-state index >= 15 is 0 Å². The van der Waals surface area contributed by atoms with Crippen molar-refractivity contribution in [2.24, 2.45) is 5.73 Å². The fourth-order valence-electron chi connectivity index (χ4n) is 1.21. The van der Waals surface area contributed by atoms with Gasteiger partial charge < -0.3 is 20.6 Å². The van der Waals surface area contributed by atoms with E-state index in [1.54, 1.807) is 6.92 Å². The summed E-state index contributed by atoms with van der Waals surface area (Å²) in [5.41, 5.74) is 5.07. The van der Waals surface area contributed by atoms with E-state index in [1.165, 1.54) is 12.3 Å². The predicted molar refractivity (Wildman–Crippen MR) is 56.1 cm³/mol. The van der Waals surface area contributed by atoms with Crippen LogP contribution in [0.2, 0.25) is 0 Å². The van der Waals surface area contributed by atoms with E-state index in [4.69, 9.17) is 15.3 Å². The summed E-state index contributed by atoms with van der Waals surface area (Å²) < 4.78 is 4.91. The lowest BCUT2D eigenvalue weighted by Gasteiger charge is -2.11. The summed E-state index contributed by atoms with van der Waals surface area (Å²) in [6.45, 7) is 1.65. The van der Waals surface area contributed by atoms with E-state index < -0.39 is 30.2 Å². The molecule has 0 bridgehead atoms. The van der Waals surface area contributed by atoms with Crippen LogP contribution in [0.15, 0.2) is 16.7 Å². The maximum atomic E-state index is 11.6. The molecule has 1 aromatic heterocycles. The molecule has 1 heterocycles. The molecule has 0 saturated heterocycles. The van der Waals surface area contributed by atoms with Gasteiger partial charge >= 0.3 is 5.97 Å². The van der Waals surface area contributed by atoms with Crippen LogP contribution in [0.3, 0.4) is 0 Å². The molecule has 1 atom stereocenters. The van der Waals surface area contributed by atoms with Gasteiger partial charge in [-0.25, -0.2) is 4.79 Å². The largest absolute Gasteiger partial charge is 0.480 e. The third kappa shape index (κ3) is 3.63. The second-order valence-electron chi connectivity index (χ2n) is 3.48. The van der Waals surface area contributed by atoms with Gasteiger partial charge in [-0.1, -0.05) is 0 Å². The fraction of sp³-hybridized carbons (Fsp3) is 0.300. The average Bonchev–Trinajstić information content (AvgIpc) is 2.63. The van der Waals surface area contributed by atoms with E-state index in [9.17, 15) is 14.4 Å². The number of nitrogens with two attached hydrogens (primary N) is 1. The number of hydrogen-bond donors (Lipinski definition) is 3. The van der Waals surface area contributed by atoms with Crippen molar-refractivity contribution in [1.82, 2.24) is 5.32 Å². The van der Waals surface area contributed by atoms with Crippen molar-refractivity contribution in [2.45, 2.75) is 19.4 Å². The van der Waals surface area contributed by atoms with Gasteiger partial charge in [0.15, 0.2) is 0 Å². The summed E-state index contributed by atoms with van der Waals surface area (Å²) in [5.74, 6) is -2.23. The van der Waals surface area contributed by atoms with E-state index in [0.29, 0.717) is 5.76 Å². The molecular formula is C10H12N2O5. The second kappa shape index (κ2) is 5.15. The van der Waals surface area contributed by atoms with Gasteiger partial charge in [-0.3, -0.25) is 9.59 Å². The zero-order chi connectivity index (χ0) is 13.0. The number of hydrogen-bond acceptors (Lipinski definition) is 4. The van der Waals surface area contributed by atoms with Crippen LogP contribution < -0.4 is 11.1 Å². The van der Waals surface area contributed by atoms with Gasteiger partial charge in [0.05, 0.1) is 12.0 Å². The molecule has 0 aromatic carbocycles. The van der Waals surface area contributed by atoms with E-state index in [1.807, 2.05) is 0 Å². The Hall–Kier alpha value is -2.31. The van der Waals surface area contributed by atoms with Gasteiger partial charge in [0.2, 0.25) is 5.91 Å². The highest BCUT2D eigenvalue weighted by molar-refractivity contribution is 5.97. The van der Waals surface area contributed by atoms with Gasteiger partial charge in [0.1, 0.15) is 18.1 Å². The van der Waals surface area contributed by atoms with Crippen LogP contribution in [-0.2, 0) is 9.59 Å². The van der Waals surface area contributed by atoms with E-state index in [2.05, 4.69) is 5.32 Å². The van der Waals surface area contributed by atoms with Crippen LogP contribution in [0.4, 0.5) is 0 Å². The van der Waals surface area contributed by atoms with Crippen molar-refractivity contribution in [3.8, 4) is 0 Å². The monoisotopic (exact) mass is 240 g/mol. The Morgan fingerprint density at radius 2 is 2.18 bits per heavy atom. The Morgan fingerprint density at radius 3 is 2.59 bits per heavy atom. The van der Waals surface area contributed by atoms with Gasteiger partial charge in [-0.05, 0) is 13.0 Å². The summed E-state index contributed by atoms with van der Waals surface area (Å²) in [6.07, 6.45) is 0.742. The number of amides is 2. The van der Waals surface area contributed by atoms with Crippen LogP contribution >= 0.6 is 0 Å². The molecule has 1 aromatic rings. The van der Waals surface area contributed by atoms with Crippen molar-refractivity contribution in [3.05, 3.63) is 23.7 Å². The Kier molecular flexibility index (Phi) is 3.86. The van der Waals surface area contributed by atoms with Crippen LogP contribution in [0.5, 0.6) is 0 Å². The van der Waals surface area contributed by atoms with Gasteiger partial charge in [0.25, 0.3) is 5.91 Å². The van der Waals surface area contributed by atoms with Crippen molar-refractivity contribution < 1.29 is 23.9 Å². The fourth-order valence-corrected chi connectivity index (χ4v) is 1.21. The zero-order valence-electron chi connectivity index (χ0n) is 9.10. The predicted octanol–water partition coefficient (Wildman–Crippen LogP) is -0.354. The number of aliphatic carboxylic acids is 1. The molecule has 7 nitrogen and oxygen atoms in total. The Morgan fingerprint density at radius 1 is 1.53 bits per heavy atom. The number of aryl methyl sites for hydroxylation is 1. The van der Waals surface area contributed by atoms with Crippen LogP contribution in [0, 0.1) is 6.92 Å². The highest BCUT2D eigenvalue weighted by Crippen LogP contribution is 2.06. The summed E-state index contributed by atoms with van der Waals surface area (Å²) in [5, 5.41) is 11.0. The molecule has 7 heteroatoms. The smallest absolute Gasteiger partial charge is 0.326 e. The first-order valence-electron chi connectivity index (χ1n) is 4.77. The topological polar surface area (TPSA) is 123 Å². The standard InChI is InChI=1S/C10H12N2O5/c1-5-2-6(4-17-5)9(14)12-7(10(15)16)3-8(11)13/h2,4,7H,3H2,1H3,(H2,11,13)(H,12,14)(H,15,16). The minimum Gasteiger partial charge on any atom is -0.480 e. The second-order valence-corrected chi connectivity index (χ2v) is 3.48. The lowest BCUT2D eigenvalue weighted by atomic mass is 10.2. The number of carbonyl (C=O) groups excluding carboxylic acids is 2. The minimum absolute atomic E-state index is 0.193. The molecule has 0 radical (unpaired) electrons. The number of nitrogens with one attached hydrogen (secondary N) is 1. The summed E-state index contributed by atoms with van der Waals surface area (Å²) in [6, 6.07) is 0.119. The maximum Gasteiger partial charge on any atom is 0.326 e. The number of carboxylic acid groups (broad SMARTS) is 1. The number of furan rings is 1. The summed E-state index contributed by atoms with van der Waals surface area (Å²) in [4.78, 5) is 33.0. The van der Waals surface area contributed by atoms with Crippen LogP contribution in [-0.4, -0.2) is 28.9 Å². The lowest BCUT2D eigenvalue weighted by molar-refractivity contribution is -0.140. The molecule has 0 spiro atoms. The molecule has 4 N–H and O–H groups in total. The first-order valence-corrected chi connectivity index (χ1v) is 4.77. The van der Waals surface area contributed by atoms with Crippen molar-refractivity contribution in [1.29, 1.82) is 0 Å². The first kappa shape index (κ1) is 12.8. The number of carboxylic acids is 1. The maximum absolute atomic E-state index is 11.6. The zero-order valence-corrected chi connectivity index (χ0v) is 9.10. The van der Waals surface area contributed by atoms with Crippen molar-refractivity contribution in [2.75, 3.05) is 0 Å². The van der Waals surface area contributed by atoms with Crippen molar-refractivity contribution in [3.63, 3.8) is 0 Å². The van der Waals surface area contributed by atoms with Gasteiger partial charge in [-0.2, -0.15) is 0 Å². The van der Waals surface area contributed by atoms with Gasteiger partial charge in [0, 0.05) is 0 Å². The summed E-state index contributed by atoms with van der Waals surface area (Å²) in [7, 11) is 0. The molecular weight excluding hydrogens is 228 g/mol. The molecule has 0 fully saturated rings. The average molecular weight is 240 g/mol. The molecule has 92 valence electrons. The quantitative estimate of drug-likeness (QED) is 0.649. The third-order valence-electron chi connectivity index (χ3n) is 2.00. The van der Waals surface area contributed by atoms with Crippen LogP contribution in [0.25, 0.3) is 0 Å². The van der Waals surface area contributed by atoms with Gasteiger partial charge in [-0.15, -0.1) is 0 Å². The first-order chi connectivity index (χ1) is 7.90. The van der Waals surface area contributed by atoms with E-state index in [-0.39, 0.29) is 5.56 Å².